The number of nitro groups is 1. The van der Waals surface area contributed by atoms with Gasteiger partial charge in [-0.05, 0) is 5.41 Å². The van der Waals surface area contributed by atoms with E-state index in [-0.39, 0.29) is 26.8 Å². The summed E-state index contributed by atoms with van der Waals surface area (Å²) in [7, 11) is 1.77. The highest BCUT2D eigenvalue weighted by Gasteiger charge is 2.32. The van der Waals surface area contributed by atoms with Gasteiger partial charge in [0.15, 0.2) is 0 Å². The van der Waals surface area contributed by atoms with Gasteiger partial charge in [-0.2, -0.15) is 5.10 Å². The molecule has 1 aromatic heterocycles. The molecule has 0 aliphatic rings. The van der Waals surface area contributed by atoms with Gasteiger partial charge in [0.1, 0.15) is 11.4 Å². The molecule has 0 aromatic carbocycles. The zero-order valence-corrected chi connectivity index (χ0v) is 14.0. The minimum Gasteiger partial charge on any atom is -0.265 e. The van der Waals surface area contributed by atoms with E-state index < -0.39 is 0 Å². The molecule has 19 heavy (non-hydrogen) atoms. The predicted octanol–water partition coefficient (Wildman–Crippen LogP) is 3.80. The molecular formula is C13H22BrN3O2. The van der Waals surface area contributed by atoms with Crippen LogP contribution in [-0.2, 0) is 13.5 Å². The van der Waals surface area contributed by atoms with Crippen LogP contribution >= 0.6 is 15.9 Å². The van der Waals surface area contributed by atoms with Crippen LogP contribution in [0.25, 0.3) is 0 Å². The van der Waals surface area contributed by atoms with Gasteiger partial charge in [-0.3, -0.25) is 14.8 Å². The number of rotatable bonds is 4. The molecule has 1 heterocycles. The average molecular weight is 332 g/mol. The molecule has 1 aromatic rings. The number of hydrogen-bond acceptors (Lipinski definition) is 3. The molecule has 0 amide bonds. The van der Waals surface area contributed by atoms with Crippen LogP contribution in [-0.4, -0.2) is 19.5 Å². The SMILES string of the molecule is CC(C)c1nn(C)c(CC(Br)C(C)(C)C)c1[N+](=O)[O-]. The van der Waals surface area contributed by atoms with Crippen molar-refractivity contribution < 1.29 is 4.92 Å². The largest absolute Gasteiger partial charge is 0.313 e. The number of nitrogens with zero attached hydrogens (tertiary/aromatic N) is 3. The van der Waals surface area contributed by atoms with Crippen molar-refractivity contribution >= 4 is 21.6 Å². The van der Waals surface area contributed by atoms with E-state index in [0.717, 1.165) is 0 Å². The minimum absolute atomic E-state index is 0.0378. The lowest BCUT2D eigenvalue weighted by atomic mass is 9.89. The van der Waals surface area contributed by atoms with Crippen molar-refractivity contribution in [2.45, 2.75) is 51.8 Å². The lowest BCUT2D eigenvalue weighted by Gasteiger charge is -2.25. The molecular weight excluding hydrogens is 310 g/mol. The lowest BCUT2D eigenvalue weighted by Crippen LogP contribution is -2.23. The van der Waals surface area contributed by atoms with Gasteiger partial charge in [0.25, 0.3) is 0 Å². The molecule has 0 aliphatic heterocycles. The third-order valence-corrected chi connectivity index (χ3v) is 4.90. The molecule has 0 aliphatic carbocycles. The van der Waals surface area contributed by atoms with Gasteiger partial charge in [0.2, 0.25) is 0 Å². The molecule has 6 heteroatoms. The normalized spacial score (nSPS) is 13.9. The van der Waals surface area contributed by atoms with Crippen LogP contribution in [0, 0.1) is 15.5 Å². The molecule has 1 atom stereocenters. The van der Waals surface area contributed by atoms with Crippen LogP contribution in [0.2, 0.25) is 0 Å². The van der Waals surface area contributed by atoms with Crippen LogP contribution in [0.3, 0.4) is 0 Å². The maximum absolute atomic E-state index is 11.3. The topological polar surface area (TPSA) is 61.0 Å². The van der Waals surface area contributed by atoms with E-state index in [2.05, 4.69) is 41.8 Å². The highest BCUT2D eigenvalue weighted by molar-refractivity contribution is 9.09. The van der Waals surface area contributed by atoms with E-state index in [1.54, 1.807) is 11.7 Å². The van der Waals surface area contributed by atoms with Crippen molar-refractivity contribution in [3.8, 4) is 0 Å². The second-order valence-corrected chi connectivity index (χ2v) is 7.36. The summed E-state index contributed by atoms with van der Waals surface area (Å²) in [5.41, 5.74) is 1.46. The fraction of sp³-hybridized carbons (Fsp3) is 0.769. The molecule has 0 saturated carbocycles. The van der Waals surface area contributed by atoms with E-state index in [9.17, 15) is 10.1 Å². The number of alkyl halides is 1. The Hall–Kier alpha value is -0.910. The first-order chi connectivity index (χ1) is 8.55. The van der Waals surface area contributed by atoms with Crippen LogP contribution in [0.1, 0.15) is 51.9 Å². The summed E-state index contributed by atoms with van der Waals surface area (Å²) < 4.78 is 1.65. The van der Waals surface area contributed by atoms with Gasteiger partial charge in [-0.1, -0.05) is 50.5 Å². The predicted molar refractivity (Wildman–Crippen MR) is 79.8 cm³/mol. The van der Waals surface area contributed by atoms with Crippen molar-refractivity contribution in [2.24, 2.45) is 12.5 Å². The molecule has 108 valence electrons. The Kier molecular flexibility index (Phi) is 4.76. The Balaban J connectivity index is 3.24. The minimum atomic E-state index is -0.306. The first kappa shape index (κ1) is 16.1. The molecule has 1 rings (SSSR count). The van der Waals surface area contributed by atoms with E-state index in [4.69, 9.17) is 0 Å². The van der Waals surface area contributed by atoms with Crippen molar-refractivity contribution in [3.63, 3.8) is 0 Å². The Bertz CT molecular complexity index is 475. The fourth-order valence-electron chi connectivity index (χ4n) is 1.86. The van der Waals surface area contributed by atoms with Crippen molar-refractivity contribution in [1.82, 2.24) is 9.78 Å². The summed E-state index contributed by atoms with van der Waals surface area (Å²) in [5, 5.41) is 15.6. The maximum atomic E-state index is 11.3. The summed E-state index contributed by atoms with van der Waals surface area (Å²) in [6.07, 6.45) is 0.593. The van der Waals surface area contributed by atoms with Gasteiger partial charge in [-0.25, -0.2) is 0 Å². The number of aromatic nitrogens is 2. The van der Waals surface area contributed by atoms with Crippen molar-refractivity contribution in [2.75, 3.05) is 0 Å². The van der Waals surface area contributed by atoms with Gasteiger partial charge in [0, 0.05) is 24.2 Å². The number of hydrogen-bond donors (Lipinski definition) is 0. The molecule has 0 saturated heterocycles. The quantitative estimate of drug-likeness (QED) is 0.479. The van der Waals surface area contributed by atoms with Crippen LogP contribution < -0.4 is 0 Å². The number of aryl methyl sites for hydroxylation is 1. The second-order valence-electron chi connectivity index (χ2n) is 6.25. The Morgan fingerprint density at radius 1 is 1.42 bits per heavy atom. The highest BCUT2D eigenvalue weighted by atomic mass is 79.9. The number of halogens is 1. The van der Waals surface area contributed by atoms with Crippen LogP contribution in [0.4, 0.5) is 5.69 Å². The molecule has 0 fully saturated rings. The highest BCUT2D eigenvalue weighted by Crippen LogP contribution is 2.34. The molecule has 0 bridgehead atoms. The third kappa shape index (κ3) is 3.55. The van der Waals surface area contributed by atoms with Gasteiger partial charge in [-0.15, -0.1) is 0 Å². The fourth-order valence-corrected chi connectivity index (χ4v) is 2.17. The second kappa shape index (κ2) is 5.61. The first-order valence-corrected chi connectivity index (χ1v) is 7.31. The van der Waals surface area contributed by atoms with Crippen LogP contribution in [0.15, 0.2) is 0 Å². The third-order valence-electron chi connectivity index (χ3n) is 3.21. The average Bonchev–Trinajstić information content (AvgIpc) is 2.55. The van der Waals surface area contributed by atoms with E-state index in [1.165, 1.54) is 0 Å². The van der Waals surface area contributed by atoms with Gasteiger partial charge in [0.05, 0.1) is 4.92 Å². The Labute approximate surface area is 122 Å². The summed E-state index contributed by atoms with van der Waals surface area (Å²) in [4.78, 5) is 11.2. The molecule has 0 spiro atoms. The summed E-state index contributed by atoms with van der Waals surface area (Å²) in [6, 6.07) is 0. The Morgan fingerprint density at radius 2 is 1.95 bits per heavy atom. The molecule has 0 radical (unpaired) electrons. The van der Waals surface area contributed by atoms with E-state index >= 15 is 0 Å². The van der Waals surface area contributed by atoms with Crippen molar-refractivity contribution in [3.05, 3.63) is 21.5 Å². The maximum Gasteiger partial charge on any atom is 0.313 e. The van der Waals surface area contributed by atoms with Crippen molar-refractivity contribution in [1.29, 1.82) is 0 Å². The zero-order chi connectivity index (χ0) is 15.0. The first-order valence-electron chi connectivity index (χ1n) is 6.40. The zero-order valence-electron chi connectivity index (χ0n) is 12.4. The monoisotopic (exact) mass is 331 g/mol. The van der Waals surface area contributed by atoms with Gasteiger partial charge >= 0.3 is 5.69 Å². The summed E-state index contributed by atoms with van der Waals surface area (Å²) >= 11 is 3.64. The molecule has 5 nitrogen and oxygen atoms in total. The molecule has 0 N–H and O–H groups in total. The van der Waals surface area contributed by atoms with E-state index in [1.807, 2.05) is 13.8 Å². The standard InChI is InChI=1S/C13H22BrN3O2/c1-8(2)11-12(17(18)19)9(16(6)15-11)7-10(14)13(3,4)5/h8,10H,7H2,1-6H3. The lowest BCUT2D eigenvalue weighted by molar-refractivity contribution is -0.386. The summed E-state index contributed by atoms with van der Waals surface area (Å²) in [6.45, 7) is 10.2. The Morgan fingerprint density at radius 3 is 2.32 bits per heavy atom. The smallest absolute Gasteiger partial charge is 0.265 e. The van der Waals surface area contributed by atoms with Gasteiger partial charge < -0.3 is 0 Å². The summed E-state index contributed by atoms with van der Waals surface area (Å²) in [5.74, 6) is 0.0452. The van der Waals surface area contributed by atoms with Crippen LogP contribution in [0.5, 0.6) is 0 Å². The molecule has 1 unspecified atom stereocenters. The van der Waals surface area contributed by atoms with E-state index in [0.29, 0.717) is 17.8 Å².